The van der Waals surface area contributed by atoms with Crippen LogP contribution in [0.5, 0.6) is 5.75 Å². The molecule has 0 unspecified atom stereocenters. The van der Waals surface area contributed by atoms with Crippen LogP contribution in [0.4, 0.5) is 10.1 Å². The number of nitrogens with one attached hydrogen (secondary N) is 2. The van der Waals surface area contributed by atoms with Crippen molar-refractivity contribution in [1.29, 1.82) is 0 Å². The Morgan fingerprint density at radius 3 is 2.77 bits per heavy atom. The number of carbonyl (C=O) groups excluding carboxylic acids is 1. The summed E-state index contributed by atoms with van der Waals surface area (Å²) in [6.07, 6.45) is 0.725. The number of carbonyl (C=O) groups is 1. The molecule has 0 aliphatic heterocycles. The van der Waals surface area contributed by atoms with Crippen LogP contribution in [-0.2, 0) is 11.2 Å². The summed E-state index contributed by atoms with van der Waals surface area (Å²) >= 11 is 0. The van der Waals surface area contributed by atoms with Crippen LogP contribution < -0.4 is 15.4 Å². The van der Waals surface area contributed by atoms with Gasteiger partial charge in [-0.2, -0.15) is 0 Å². The van der Waals surface area contributed by atoms with Crippen molar-refractivity contribution in [3.63, 3.8) is 0 Å². The molecule has 0 aliphatic rings. The van der Waals surface area contributed by atoms with Crippen LogP contribution in [0.3, 0.4) is 0 Å². The van der Waals surface area contributed by atoms with Crippen LogP contribution in [0.25, 0.3) is 0 Å². The number of ether oxygens (including phenoxy) is 1. The van der Waals surface area contributed by atoms with Crippen molar-refractivity contribution in [2.24, 2.45) is 0 Å². The average Bonchev–Trinajstić information content (AvgIpc) is 2.53. The standard InChI is InChI=1S/C17H19FN2O2/c1-22-16-7-2-4-13(10-16)8-9-19-17(21)12-20-15-6-3-5-14(18)11-15/h2-7,10-11,20H,8-9,12H2,1H3,(H,19,21). The maximum atomic E-state index is 13.0. The Kier molecular flexibility index (Phi) is 5.77. The third kappa shape index (κ3) is 5.09. The van der Waals surface area contributed by atoms with Gasteiger partial charge in [0.1, 0.15) is 11.6 Å². The number of amides is 1. The summed E-state index contributed by atoms with van der Waals surface area (Å²) in [5.74, 6) is 0.340. The topological polar surface area (TPSA) is 50.4 Å². The van der Waals surface area contributed by atoms with Crippen molar-refractivity contribution in [3.8, 4) is 5.75 Å². The molecule has 0 saturated carbocycles. The Morgan fingerprint density at radius 1 is 1.18 bits per heavy atom. The lowest BCUT2D eigenvalue weighted by molar-refractivity contribution is -0.119. The minimum atomic E-state index is -0.330. The molecule has 0 atom stereocenters. The molecule has 0 heterocycles. The molecular formula is C17H19FN2O2. The molecule has 0 radical (unpaired) electrons. The van der Waals surface area contributed by atoms with Gasteiger partial charge in [0.15, 0.2) is 0 Å². The first-order valence-corrected chi connectivity index (χ1v) is 7.06. The Labute approximate surface area is 129 Å². The molecule has 2 aromatic rings. The molecule has 2 aromatic carbocycles. The summed E-state index contributed by atoms with van der Waals surface area (Å²) in [5, 5.41) is 5.70. The van der Waals surface area contributed by atoms with Gasteiger partial charge in [-0.3, -0.25) is 4.79 Å². The van der Waals surface area contributed by atoms with Gasteiger partial charge in [0.2, 0.25) is 5.91 Å². The highest BCUT2D eigenvalue weighted by atomic mass is 19.1. The van der Waals surface area contributed by atoms with E-state index in [0.29, 0.717) is 12.2 Å². The molecule has 0 spiro atoms. The first-order valence-electron chi connectivity index (χ1n) is 7.06. The number of halogens is 1. The number of hydrogen-bond acceptors (Lipinski definition) is 3. The summed E-state index contributed by atoms with van der Waals surface area (Å²) in [7, 11) is 1.62. The fourth-order valence-corrected chi connectivity index (χ4v) is 2.02. The fraction of sp³-hybridized carbons (Fsp3) is 0.235. The Hall–Kier alpha value is -2.56. The SMILES string of the molecule is COc1cccc(CCNC(=O)CNc2cccc(F)c2)c1. The van der Waals surface area contributed by atoms with E-state index >= 15 is 0 Å². The van der Waals surface area contributed by atoms with E-state index in [1.54, 1.807) is 19.2 Å². The van der Waals surface area contributed by atoms with Crippen molar-refractivity contribution in [2.45, 2.75) is 6.42 Å². The van der Waals surface area contributed by atoms with Crippen molar-refractivity contribution in [1.82, 2.24) is 5.32 Å². The van der Waals surface area contributed by atoms with E-state index in [4.69, 9.17) is 4.74 Å². The van der Waals surface area contributed by atoms with Crippen LogP contribution in [0.2, 0.25) is 0 Å². The summed E-state index contributed by atoms with van der Waals surface area (Å²) in [6, 6.07) is 13.7. The highest BCUT2D eigenvalue weighted by Gasteiger charge is 2.02. The molecule has 0 bridgehead atoms. The van der Waals surface area contributed by atoms with Crippen LogP contribution in [0.15, 0.2) is 48.5 Å². The first kappa shape index (κ1) is 15.8. The second-order valence-electron chi connectivity index (χ2n) is 4.82. The lowest BCUT2D eigenvalue weighted by atomic mass is 10.1. The van der Waals surface area contributed by atoms with Gasteiger partial charge in [0.05, 0.1) is 13.7 Å². The second-order valence-corrected chi connectivity index (χ2v) is 4.82. The summed E-state index contributed by atoms with van der Waals surface area (Å²) in [4.78, 5) is 11.7. The smallest absolute Gasteiger partial charge is 0.239 e. The number of benzene rings is 2. The van der Waals surface area contributed by atoms with Crippen molar-refractivity contribution in [3.05, 3.63) is 59.9 Å². The predicted octanol–water partition coefficient (Wildman–Crippen LogP) is 2.61. The number of rotatable bonds is 7. The van der Waals surface area contributed by atoms with Crippen LogP contribution in [0, 0.1) is 5.82 Å². The van der Waals surface area contributed by atoms with Gasteiger partial charge in [0, 0.05) is 12.2 Å². The molecule has 0 fully saturated rings. The third-order valence-corrected chi connectivity index (χ3v) is 3.15. The van der Waals surface area contributed by atoms with Gasteiger partial charge in [0.25, 0.3) is 0 Å². The van der Waals surface area contributed by atoms with Crippen LogP contribution >= 0.6 is 0 Å². The molecule has 0 aliphatic carbocycles. The number of anilines is 1. The minimum absolute atomic E-state index is 0.113. The maximum absolute atomic E-state index is 13.0. The summed E-state index contributed by atoms with van der Waals surface area (Å²) in [6.45, 7) is 0.651. The lowest BCUT2D eigenvalue weighted by Gasteiger charge is -2.08. The van der Waals surface area contributed by atoms with Crippen molar-refractivity contribution in [2.75, 3.05) is 25.5 Å². The van der Waals surface area contributed by atoms with Crippen LogP contribution in [0.1, 0.15) is 5.56 Å². The van der Waals surface area contributed by atoms with Crippen molar-refractivity contribution >= 4 is 11.6 Å². The average molecular weight is 302 g/mol. The lowest BCUT2D eigenvalue weighted by Crippen LogP contribution is -2.31. The Bertz CT molecular complexity index is 632. The summed E-state index contributed by atoms with van der Waals surface area (Å²) in [5.41, 5.74) is 1.68. The largest absolute Gasteiger partial charge is 0.497 e. The molecule has 22 heavy (non-hydrogen) atoms. The number of methoxy groups -OCH3 is 1. The maximum Gasteiger partial charge on any atom is 0.239 e. The van der Waals surface area contributed by atoms with E-state index < -0.39 is 0 Å². The molecule has 116 valence electrons. The van der Waals surface area contributed by atoms with E-state index in [2.05, 4.69) is 10.6 Å². The normalized spacial score (nSPS) is 10.1. The van der Waals surface area contributed by atoms with Gasteiger partial charge in [-0.25, -0.2) is 4.39 Å². The zero-order valence-electron chi connectivity index (χ0n) is 12.4. The van der Waals surface area contributed by atoms with Crippen LogP contribution in [-0.4, -0.2) is 26.1 Å². The van der Waals surface area contributed by atoms with E-state index in [1.807, 2.05) is 24.3 Å². The second kappa shape index (κ2) is 8.02. The zero-order chi connectivity index (χ0) is 15.8. The minimum Gasteiger partial charge on any atom is -0.497 e. The van der Waals surface area contributed by atoms with Gasteiger partial charge < -0.3 is 15.4 Å². The van der Waals surface area contributed by atoms with E-state index in [0.717, 1.165) is 17.7 Å². The molecule has 0 aromatic heterocycles. The summed E-state index contributed by atoms with van der Waals surface area (Å²) < 4.78 is 18.1. The molecule has 0 saturated heterocycles. The van der Waals surface area contributed by atoms with Gasteiger partial charge in [-0.1, -0.05) is 18.2 Å². The number of hydrogen-bond donors (Lipinski definition) is 2. The zero-order valence-corrected chi connectivity index (χ0v) is 12.4. The predicted molar refractivity (Wildman–Crippen MR) is 84.6 cm³/mol. The monoisotopic (exact) mass is 302 g/mol. The molecule has 2 rings (SSSR count). The van der Waals surface area contributed by atoms with Gasteiger partial charge >= 0.3 is 0 Å². The Balaban J connectivity index is 1.71. The van der Waals surface area contributed by atoms with Gasteiger partial charge in [-0.15, -0.1) is 0 Å². The fourth-order valence-electron chi connectivity index (χ4n) is 2.02. The van der Waals surface area contributed by atoms with E-state index in [9.17, 15) is 9.18 Å². The van der Waals surface area contributed by atoms with E-state index in [-0.39, 0.29) is 18.3 Å². The quantitative estimate of drug-likeness (QED) is 0.826. The third-order valence-electron chi connectivity index (χ3n) is 3.15. The molecular weight excluding hydrogens is 283 g/mol. The highest BCUT2D eigenvalue weighted by molar-refractivity contribution is 5.80. The van der Waals surface area contributed by atoms with Gasteiger partial charge in [-0.05, 0) is 42.3 Å². The molecule has 4 nitrogen and oxygen atoms in total. The van der Waals surface area contributed by atoms with E-state index in [1.165, 1.54) is 12.1 Å². The first-order chi connectivity index (χ1) is 10.7. The molecule has 1 amide bonds. The van der Waals surface area contributed by atoms with Crippen molar-refractivity contribution < 1.29 is 13.9 Å². The highest BCUT2D eigenvalue weighted by Crippen LogP contribution is 2.12. The Morgan fingerprint density at radius 2 is 2.00 bits per heavy atom. The molecule has 5 heteroatoms. The molecule has 2 N–H and O–H groups in total.